The highest BCUT2D eigenvalue weighted by molar-refractivity contribution is 7.17. The van der Waals surface area contributed by atoms with Crippen LogP contribution in [0.15, 0.2) is 23.7 Å². The van der Waals surface area contributed by atoms with Crippen LogP contribution in [-0.2, 0) is 6.54 Å². The summed E-state index contributed by atoms with van der Waals surface area (Å²) in [7, 11) is 0. The molecule has 2 aromatic heterocycles. The summed E-state index contributed by atoms with van der Waals surface area (Å²) in [4.78, 5) is 4.35. The van der Waals surface area contributed by atoms with Crippen LogP contribution in [0.2, 0.25) is 0 Å². The maximum Gasteiger partial charge on any atom is 0.0809 e. The van der Waals surface area contributed by atoms with Gasteiger partial charge in [-0.25, -0.2) is 0 Å². The van der Waals surface area contributed by atoms with Crippen LogP contribution in [0.3, 0.4) is 0 Å². The van der Waals surface area contributed by atoms with Crippen LogP contribution in [0.25, 0.3) is 10.2 Å². The molecule has 0 spiro atoms. The highest BCUT2D eigenvalue weighted by atomic mass is 32.1. The zero-order chi connectivity index (χ0) is 10.7. The van der Waals surface area contributed by atoms with E-state index in [9.17, 15) is 0 Å². The minimum Gasteiger partial charge on any atom is -0.395 e. The molecular weight excluding hydrogens is 208 g/mol. The number of nitrogens with one attached hydrogen (secondary N) is 1. The Bertz CT molecular complexity index is 441. The van der Waals surface area contributed by atoms with E-state index in [1.807, 2.05) is 24.6 Å². The van der Waals surface area contributed by atoms with Crippen molar-refractivity contribution in [2.75, 3.05) is 6.61 Å². The molecule has 0 aliphatic rings. The molecule has 0 saturated heterocycles. The number of aliphatic hydroxyl groups excluding tert-OH is 1. The summed E-state index contributed by atoms with van der Waals surface area (Å²) in [6.45, 7) is 2.87. The van der Waals surface area contributed by atoms with Crippen LogP contribution in [0.1, 0.15) is 12.5 Å². The number of pyridine rings is 1. The Labute approximate surface area is 92.8 Å². The molecule has 0 fully saturated rings. The molecule has 0 amide bonds. The van der Waals surface area contributed by atoms with E-state index in [4.69, 9.17) is 5.11 Å². The number of aliphatic hydroxyl groups is 1. The van der Waals surface area contributed by atoms with E-state index < -0.39 is 0 Å². The van der Waals surface area contributed by atoms with E-state index in [0.29, 0.717) is 0 Å². The Morgan fingerprint density at radius 1 is 1.60 bits per heavy atom. The first-order valence-electron chi connectivity index (χ1n) is 4.96. The highest BCUT2D eigenvalue weighted by Crippen LogP contribution is 2.19. The van der Waals surface area contributed by atoms with Crippen molar-refractivity contribution in [2.45, 2.75) is 19.5 Å². The van der Waals surface area contributed by atoms with E-state index in [1.54, 1.807) is 11.3 Å². The van der Waals surface area contributed by atoms with Gasteiger partial charge in [0, 0.05) is 18.8 Å². The fourth-order valence-corrected chi connectivity index (χ4v) is 2.14. The Morgan fingerprint density at radius 3 is 3.27 bits per heavy atom. The van der Waals surface area contributed by atoms with Crippen LogP contribution >= 0.6 is 11.3 Å². The minimum absolute atomic E-state index is 0.129. The Balaban J connectivity index is 2.08. The average Bonchev–Trinajstić information content (AvgIpc) is 2.72. The van der Waals surface area contributed by atoms with E-state index in [1.165, 1.54) is 4.70 Å². The lowest BCUT2D eigenvalue weighted by molar-refractivity contribution is 0.251. The molecule has 2 heterocycles. The molecule has 1 atom stereocenters. The molecule has 2 N–H and O–H groups in total. The van der Waals surface area contributed by atoms with Gasteiger partial charge in [-0.1, -0.05) is 0 Å². The molecule has 15 heavy (non-hydrogen) atoms. The smallest absolute Gasteiger partial charge is 0.0809 e. The molecule has 4 heteroatoms. The number of thiophene rings is 1. The predicted molar refractivity (Wildman–Crippen MR) is 63.0 cm³/mol. The summed E-state index contributed by atoms with van der Waals surface area (Å²) in [5.74, 6) is 0. The van der Waals surface area contributed by atoms with Crippen molar-refractivity contribution in [2.24, 2.45) is 0 Å². The summed E-state index contributed by atoms with van der Waals surface area (Å²) >= 11 is 1.70. The molecule has 0 aliphatic heterocycles. The molecule has 80 valence electrons. The van der Waals surface area contributed by atoms with Gasteiger partial charge >= 0.3 is 0 Å². The highest BCUT2D eigenvalue weighted by Gasteiger charge is 2.01. The van der Waals surface area contributed by atoms with Crippen molar-refractivity contribution < 1.29 is 5.11 Å². The van der Waals surface area contributed by atoms with E-state index in [0.717, 1.165) is 17.6 Å². The van der Waals surface area contributed by atoms with Crippen LogP contribution < -0.4 is 5.32 Å². The second-order valence-corrected chi connectivity index (χ2v) is 4.56. The second kappa shape index (κ2) is 4.70. The molecule has 0 aromatic carbocycles. The van der Waals surface area contributed by atoms with Gasteiger partial charge in [0.25, 0.3) is 0 Å². The fourth-order valence-electron chi connectivity index (χ4n) is 1.34. The number of fused-ring (bicyclic) bond motifs is 1. The zero-order valence-corrected chi connectivity index (χ0v) is 9.42. The number of rotatable bonds is 4. The third-order valence-corrected chi connectivity index (χ3v) is 3.14. The topological polar surface area (TPSA) is 45.1 Å². The molecule has 2 aromatic rings. The zero-order valence-electron chi connectivity index (χ0n) is 8.60. The standard InChI is InChI=1S/C11H14N2OS/c1-8(7-14)12-5-9-4-11-10(13-6-9)2-3-15-11/h2-4,6,8,12,14H,5,7H2,1H3/t8-/m1/s1. The van der Waals surface area contributed by atoms with Crippen molar-refractivity contribution in [3.8, 4) is 0 Å². The lowest BCUT2D eigenvalue weighted by atomic mass is 10.2. The van der Waals surface area contributed by atoms with Crippen LogP contribution in [0.5, 0.6) is 0 Å². The summed E-state index contributed by atoms with van der Waals surface area (Å²) in [6.07, 6.45) is 1.88. The molecule has 0 radical (unpaired) electrons. The third-order valence-electron chi connectivity index (χ3n) is 2.29. The number of aromatic nitrogens is 1. The van der Waals surface area contributed by atoms with Crippen molar-refractivity contribution >= 4 is 21.6 Å². The fraction of sp³-hybridized carbons (Fsp3) is 0.364. The van der Waals surface area contributed by atoms with Crippen LogP contribution in [0.4, 0.5) is 0 Å². The van der Waals surface area contributed by atoms with Crippen LogP contribution in [-0.4, -0.2) is 22.7 Å². The molecule has 3 nitrogen and oxygen atoms in total. The van der Waals surface area contributed by atoms with Gasteiger partial charge in [-0.2, -0.15) is 0 Å². The SMILES string of the molecule is C[C@H](CO)NCc1cnc2ccsc2c1. The van der Waals surface area contributed by atoms with E-state index in [-0.39, 0.29) is 12.6 Å². The summed E-state index contributed by atoms with van der Waals surface area (Å²) in [6, 6.07) is 4.29. The van der Waals surface area contributed by atoms with Gasteiger partial charge in [-0.3, -0.25) is 4.98 Å². The van der Waals surface area contributed by atoms with Gasteiger partial charge < -0.3 is 10.4 Å². The van der Waals surface area contributed by atoms with Gasteiger partial charge in [0.15, 0.2) is 0 Å². The van der Waals surface area contributed by atoms with E-state index in [2.05, 4.69) is 16.4 Å². The molecule has 2 rings (SSSR count). The second-order valence-electron chi connectivity index (χ2n) is 3.61. The van der Waals surface area contributed by atoms with Crippen molar-refractivity contribution in [3.05, 3.63) is 29.3 Å². The number of hydrogen-bond donors (Lipinski definition) is 2. The van der Waals surface area contributed by atoms with Gasteiger partial charge in [0.2, 0.25) is 0 Å². The van der Waals surface area contributed by atoms with Crippen molar-refractivity contribution in [1.82, 2.24) is 10.3 Å². The minimum atomic E-state index is 0.129. The van der Waals surface area contributed by atoms with Crippen LogP contribution in [0, 0.1) is 0 Å². The average molecular weight is 222 g/mol. The number of hydrogen-bond acceptors (Lipinski definition) is 4. The van der Waals surface area contributed by atoms with Gasteiger partial charge in [-0.05, 0) is 30.0 Å². The summed E-state index contributed by atoms with van der Waals surface area (Å²) in [5.41, 5.74) is 2.21. The maximum absolute atomic E-state index is 8.88. The lowest BCUT2D eigenvalue weighted by Gasteiger charge is -2.09. The first-order chi connectivity index (χ1) is 7.29. The molecule has 0 bridgehead atoms. The predicted octanol–water partition coefficient (Wildman–Crippen LogP) is 1.77. The Kier molecular flexibility index (Phi) is 3.30. The quantitative estimate of drug-likeness (QED) is 0.828. The van der Waals surface area contributed by atoms with Gasteiger partial charge in [0.1, 0.15) is 0 Å². The maximum atomic E-state index is 8.88. The largest absolute Gasteiger partial charge is 0.395 e. The molecule has 0 aliphatic carbocycles. The normalized spacial score (nSPS) is 13.2. The Hall–Kier alpha value is -0.970. The summed E-state index contributed by atoms with van der Waals surface area (Å²) < 4.78 is 1.21. The first-order valence-corrected chi connectivity index (χ1v) is 5.84. The van der Waals surface area contributed by atoms with Crippen molar-refractivity contribution in [1.29, 1.82) is 0 Å². The van der Waals surface area contributed by atoms with Crippen molar-refractivity contribution in [3.63, 3.8) is 0 Å². The van der Waals surface area contributed by atoms with Gasteiger partial charge in [-0.15, -0.1) is 11.3 Å². The van der Waals surface area contributed by atoms with E-state index >= 15 is 0 Å². The van der Waals surface area contributed by atoms with Gasteiger partial charge in [0.05, 0.1) is 16.8 Å². The molecule has 0 saturated carbocycles. The lowest BCUT2D eigenvalue weighted by Crippen LogP contribution is -2.28. The molecular formula is C11H14N2OS. The third kappa shape index (κ3) is 2.53. The summed E-state index contributed by atoms with van der Waals surface area (Å²) in [5, 5.41) is 14.1. The Morgan fingerprint density at radius 2 is 2.47 bits per heavy atom. The number of nitrogens with zero attached hydrogens (tertiary/aromatic N) is 1. The monoisotopic (exact) mass is 222 g/mol. The molecule has 0 unspecified atom stereocenters. The first kappa shape index (κ1) is 10.5.